The van der Waals surface area contributed by atoms with E-state index < -0.39 is 290 Å². The van der Waals surface area contributed by atoms with Crippen molar-refractivity contribution in [2.24, 2.45) is 7.05 Å². The molecule has 23 N–H and O–H groups in total. The van der Waals surface area contributed by atoms with Crippen molar-refractivity contribution in [2.75, 3.05) is 56.8 Å². The molecule has 131 heavy (non-hydrogen) atoms. The zero-order valence-corrected chi connectivity index (χ0v) is 70.9. The van der Waals surface area contributed by atoms with E-state index in [-0.39, 0.29) is 39.3 Å². The fourth-order valence-corrected chi connectivity index (χ4v) is 20.3. The molecule has 0 aromatic carbocycles. The minimum atomic E-state index is -6.07. The molecule has 10 aromatic rings. The Labute approximate surface area is 721 Å². The summed E-state index contributed by atoms with van der Waals surface area (Å²) in [5, 5.41) is 81.0. The van der Waals surface area contributed by atoms with Gasteiger partial charge in [-0.1, -0.05) is 0 Å². The molecule has 6 aliphatic rings. The first-order valence-electron chi connectivity index (χ1n) is 37.5. The fourth-order valence-electron chi connectivity index (χ4n) is 14.9. The zero-order valence-electron chi connectivity index (χ0n) is 65.6. The molecular weight excluding hydrogens is 1900 g/mol. The second-order valence-electron chi connectivity index (χ2n) is 29.2. The summed E-state index contributed by atoms with van der Waals surface area (Å²) in [6.07, 6.45) is -42.6. The highest BCUT2D eigenvalue weighted by atomic mass is 31.2. The number of phosphoric acid groups is 6. The van der Waals surface area contributed by atoms with Crippen molar-refractivity contribution >= 4 is 109 Å². The summed E-state index contributed by atoms with van der Waals surface area (Å²) in [6, 6.07) is 1.78. The lowest BCUT2D eigenvalue weighted by molar-refractivity contribution is -0.0657. The van der Waals surface area contributed by atoms with Gasteiger partial charge >= 0.3 is 58.3 Å². The average molecular weight is 1980 g/mol. The number of imidazole rings is 4. The monoisotopic (exact) mass is 1980 g/mol. The minimum absolute atomic E-state index is 0.0829. The number of anilines is 3. The van der Waals surface area contributed by atoms with Crippen LogP contribution in [0.4, 0.5) is 17.6 Å². The summed E-state index contributed by atoms with van der Waals surface area (Å²) >= 11 is 0. The largest absolute Gasteiger partial charge is 0.472 e. The first-order chi connectivity index (χ1) is 61.7. The normalized spacial score (nSPS) is 31.8. The number of aromatic nitrogens is 20. The van der Waals surface area contributed by atoms with Crippen LogP contribution in [0.15, 0.2) is 97.6 Å². The number of aliphatic hydroxyl groups excluding tert-OH is 7. The van der Waals surface area contributed by atoms with Gasteiger partial charge in [0.2, 0.25) is 5.95 Å². The summed E-state index contributed by atoms with van der Waals surface area (Å²) in [7, 11) is -33.9. The number of phosphoric ester groups is 6. The Bertz CT molecular complexity index is 6690. The summed E-state index contributed by atoms with van der Waals surface area (Å²) in [6.45, 7) is -8.02. The Morgan fingerprint density at radius 3 is 1.20 bits per heavy atom. The van der Waals surface area contributed by atoms with Crippen LogP contribution in [-0.2, 0) is 113 Å². The molecule has 0 bridgehead atoms. The van der Waals surface area contributed by atoms with Crippen LogP contribution >= 0.6 is 46.9 Å². The van der Waals surface area contributed by atoms with Crippen LogP contribution in [0, 0.1) is 0 Å². The molecule has 0 spiro atoms. The summed E-state index contributed by atoms with van der Waals surface area (Å²) < 4.78 is 183. The molecule has 0 saturated carbocycles. The number of rotatable bonds is 34. The van der Waals surface area contributed by atoms with Gasteiger partial charge in [-0.25, -0.2) is 76.9 Å². The minimum Gasteiger partial charge on any atom is -0.394 e. The number of hydrogen-bond donors (Lipinski definition) is 20. The lowest BCUT2D eigenvalue weighted by atomic mass is 10.1. The van der Waals surface area contributed by atoms with Crippen molar-refractivity contribution in [2.45, 2.75) is 147 Å². The van der Waals surface area contributed by atoms with E-state index in [1.807, 2.05) is 4.98 Å². The molecule has 29 atom stereocenters. The van der Waals surface area contributed by atoms with Crippen molar-refractivity contribution < 1.29 is 176 Å². The van der Waals surface area contributed by atoms with Crippen molar-refractivity contribution in [3.63, 3.8) is 0 Å². The summed E-state index contributed by atoms with van der Waals surface area (Å²) in [4.78, 5) is 200. The topological polar surface area (TPSA) is 934 Å². The van der Waals surface area contributed by atoms with Crippen LogP contribution in [-0.4, -0.2) is 316 Å². The van der Waals surface area contributed by atoms with Gasteiger partial charge in [0.15, 0.2) is 82.3 Å². The van der Waals surface area contributed by atoms with Crippen molar-refractivity contribution in [3.8, 4) is 0 Å². The number of aromatic amines is 3. The zero-order chi connectivity index (χ0) is 93.9. The molecule has 6 saturated heterocycles. The first kappa shape index (κ1) is 94.9. The molecule has 0 radical (unpaired) electrons. The maximum atomic E-state index is 14.6. The van der Waals surface area contributed by atoms with Gasteiger partial charge in [-0.15, -0.1) is 0 Å². The quantitative estimate of drug-likeness (QED) is 0.0167. The van der Waals surface area contributed by atoms with E-state index in [4.69, 9.17) is 90.9 Å². The van der Waals surface area contributed by atoms with Gasteiger partial charge in [0.05, 0.1) is 77.6 Å². The van der Waals surface area contributed by atoms with Gasteiger partial charge in [0, 0.05) is 25.5 Å². The molecule has 66 nitrogen and oxygen atoms in total. The van der Waals surface area contributed by atoms with E-state index in [1.165, 1.54) is 7.05 Å². The Morgan fingerprint density at radius 1 is 0.405 bits per heavy atom. The fraction of sp³-hybridized carbons (Fsp3) is 0.525. The number of aliphatic hydroxyl groups is 7. The SMILES string of the molecule is Cn1cnc2c(ncn2[C@@H]2O[C@H](COP(=O)(O)O[C@H]3[C@@H](O)[C@H](n4ccc(N)nc4=O)O[C@@H]3COP(=O)(O)O[C@H]3[C@@H](O)[C@H](n4cnc5c(=O)[nH]c(N)nc54)O[C@@H]3COP(=O)(O)O[C@H]3[C@@H](O)[C@H](n4cnc5c(N)ncnc54)O[C@@H]3COP(=O)(O)O[C@H]3[C@@H](O)[C@H](n4cnc5c(=O)[nH]cnc54)O[C@@H]3CO)[C@@H](OP(=O)(O)OC[C@H]3O[C@@H](n4ccc(=O)[nH]c4=O)[C@H](O)[C@@H]3OP(=O)(O)O)[C@H]2O)c1=O. The number of fused-ring (bicyclic) bond motifs is 4. The predicted molar refractivity (Wildman–Crippen MR) is 414 cm³/mol. The van der Waals surface area contributed by atoms with Crippen LogP contribution in [0.25, 0.3) is 44.7 Å². The molecule has 16 rings (SSSR count). The number of H-pyrrole nitrogens is 3. The van der Waals surface area contributed by atoms with E-state index in [0.717, 1.165) is 91.7 Å². The third-order valence-corrected chi connectivity index (χ3v) is 26.2. The van der Waals surface area contributed by atoms with Crippen molar-refractivity contribution in [1.29, 1.82) is 0 Å². The lowest BCUT2D eigenvalue weighted by Gasteiger charge is -2.27. The number of nitrogens with one attached hydrogen (secondary N) is 3. The Balaban J connectivity index is 0.636. The van der Waals surface area contributed by atoms with Crippen LogP contribution in [0.1, 0.15) is 37.4 Å². The standard InChI is InChI=1S/C59H73N23O43P6/c1-76-14-71-46-30(50(76)93)70-18-81(46)55-35(89)41(124-128(101,102)109-7-20-38(120-126(96,97)98)32(86)51(115-20)78-5-3-26(84)73-59(78)95)23(118-55)10-112-129(103,104)122-39-21(116-52(33(39)87)77-4-2-25(60)72-58(77)94)8-111-130(105,106)125-42-24(119-56(36(42)90)82-17-69-29-47(82)74-57(62)75-49(29)92)11-113-131(107,108)123-40-22(117-54(34(40)88)79-15-67-27-43(61)63-12-64-44(27)79)9-110-127(99,100)121-37-19(6-83)114-53(31(37)85)80-16-68-28-45(80)65-13-66-48(28)91/h2-5,12-24,31-42,51-56,83,85-90H,6-11H2,1H3,(H,99,100)(H,101,102)(H,103,104)(H,105,106)(H,107,108)(H2,60,72,94)(H2,61,63,64)(H,65,66,91)(H,73,84,95)(H2,96,97,98)(H3,62,74,75,92)/t19-,20-,21-,22-,23-,24-,31-,32-,33-,34-,35-,36-,37-,38-,39-,40-,41-,42-,51-,52-,53-,54-,55-,56-/m1/s1. The van der Waals surface area contributed by atoms with E-state index in [0.29, 0.717) is 9.13 Å². The van der Waals surface area contributed by atoms with E-state index in [2.05, 4.69) is 64.3 Å². The first-order valence-corrected chi connectivity index (χ1v) is 46.5. The number of nitrogen functional groups attached to an aromatic ring is 3. The molecule has 10 aromatic heterocycles. The third-order valence-electron chi connectivity index (χ3n) is 20.8. The number of aryl methyl sites for hydroxylation is 1. The molecule has 0 amide bonds. The van der Waals surface area contributed by atoms with Gasteiger partial charge in [-0.3, -0.25) is 106 Å². The van der Waals surface area contributed by atoms with E-state index in [1.54, 1.807) is 0 Å². The molecule has 6 fully saturated rings. The highest BCUT2D eigenvalue weighted by Gasteiger charge is 2.59. The maximum Gasteiger partial charge on any atom is 0.472 e. The maximum absolute atomic E-state index is 14.6. The third kappa shape index (κ3) is 19.4. The van der Waals surface area contributed by atoms with E-state index in [9.17, 15) is 126 Å². The molecular formula is C59H73N23O43P6. The van der Waals surface area contributed by atoms with Crippen LogP contribution in [0.3, 0.4) is 0 Å². The average Bonchev–Trinajstić information content (AvgIpc) is 1.61. The molecule has 72 heteroatoms. The van der Waals surface area contributed by atoms with Gasteiger partial charge in [-0.2, -0.15) is 9.97 Å². The molecule has 0 aliphatic carbocycles. The molecule has 6 aliphatic heterocycles. The summed E-state index contributed by atoms with van der Waals surface area (Å²) in [5.74, 6) is -1.15. The van der Waals surface area contributed by atoms with Gasteiger partial charge in [0.1, 0.15) is 128 Å². The number of nitrogens with zero attached hydrogens (tertiary/aromatic N) is 17. The van der Waals surface area contributed by atoms with Gasteiger partial charge in [-0.05, 0) is 6.07 Å². The van der Waals surface area contributed by atoms with Gasteiger partial charge < -0.3 is 125 Å². The molecule has 16 heterocycles. The second kappa shape index (κ2) is 36.5. The van der Waals surface area contributed by atoms with Crippen LogP contribution < -0.4 is 50.8 Å². The highest BCUT2D eigenvalue weighted by Crippen LogP contribution is 2.57. The number of hydrogen-bond acceptors (Lipinski definition) is 49. The highest BCUT2D eigenvalue weighted by molar-refractivity contribution is 7.48. The lowest BCUT2D eigenvalue weighted by Crippen LogP contribution is -2.39. The number of nitrogens with two attached hydrogens (primary N) is 3. The Morgan fingerprint density at radius 2 is 0.771 bits per heavy atom. The molecule has 5 unspecified atom stereocenters. The number of ether oxygens (including phenoxy) is 6. The predicted octanol–water partition coefficient (Wildman–Crippen LogP) is -8.68. The van der Waals surface area contributed by atoms with Gasteiger partial charge in [0.25, 0.3) is 22.2 Å². The smallest absolute Gasteiger partial charge is 0.394 e. The summed E-state index contributed by atoms with van der Waals surface area (Å²) in [5.41, 5.74) is 9.48. The van der Waals surface area contributed by atoms with Crippen LogP contribution in [0.2, 0.25) is 0 Å². The second-order valence-corrected chi connectivity index (χ2v) is 37.4. The molecule has 712 valence electrons. The Kier molecular flexibility index (Phi) is 26.4. The van der Waals surface area contributed by atoms with Crippen molar-refractivity contribution in [3.05, 3.63) is 131 Å². The Hall–Kier alpha value is -9.30. The van der Waals surface area contributed by atoms with Crippen LogP contribution in [0.5, 0.6) is 0 Å². The van der Waals surface area contributed by atoms with E-state index >= 15 is 0 Å². The van der Waals surface area contributed by atoms with Crippen molar-refractivity contribution in [1.82, 2.24) is 96.8 Å².